The number of ether oxygens (including phenoxy) is 1. The molecule has 0 aliphatic rings. The zero-order valence-electron chi connectivity index (χ0n) is 21.6. The molecule has 0 aliphatic carbocycles. The van der Waals surface area contributed by atoms with Crippen molar-refractivity contribution in [2.24, 2.45) is 11.6 Å². The van der Waals surface area contributed by atoms with Crippen molar-refractivity contribution in [1.82, 2.24) is 25.5 Å². The van der Waals surface area contributed by atoms with Gasteiger partial charge in [0.25, 0.3) is 5.91 Å². The van der Waals surface area contributed by atoms with Gasteiger partial charge < -0.3 is 26.1 Å². The number of amides is 2. The molecule has 2 aromatic heterocycles. The lowest BCUT2D eigenvalue weighted by molar-refractivity contribution is -0.159. The number of hydrazine groups is 1. The SMILES string of the molecule is CC(F)(F)Oc1ccc(F)c(CNC(=O)/C(N)=C/N(N)CCCCc2nnc(NC(=O)Cc3ccccn3)s2)c1. The van der Waals surface area contributed by atoms with Crippen LogP contribution in [0.5, 0.6) is 5.75 Å². The number of pyridine rings is 1. The van der Waals surface area contributed by atoms with E-state index in [1.807, 2.05) is 6.07 Å². The van der Waals surface area contributed by atoms with Crippen LogP contribution in [0.1, 0.15) is 36.0 Å². The van der Waals surface area contributed by atoms with Crippen LogP contribution in [0, 0.1) is 5.82 Å². The number of nitrogens with one attached hydrogen (secondary N) is 2. The molecule has 214 valence electrons. The van der Waals surface area contributed by atoms with Crippen molar-refractivity contribution in [3.05, 3.63) is 76.6 Å². The van der Waals surface area contributed by atoms with Crippen LogP contribution in [0.15, 0.2) is 54.5 Å². The maximum Gasteiger partial charge on any atom is 0.394 e. The Kier molecular flexibility index (Phi) is 10.8. The smallest absolute Gasteiger partial charge is 0.394 e. The summed E-state index contributed by atoms with van der Waals surface area (Å²) in [5, 5.41) is 15.6. The molecule has 0 saturated heterocycles. The summed E-state index contributed by atoms with van der Waals surface area (Å²) < 4.78 is 44.5. The highest BCUT2D eigenvalue weighted by Crippen LogP contribution is 2.23. The Morgan fingerprint density at radius 3 is 2.73 bits per heavy atom. The van der Waals surface area contributed by atoms with Gasteiger partial charge in [-0.3, -0.25) is 14.6 Å². The molecule has 0 fully saturated rings. The van der Waals surface area contributed by atoms with E-state index in [0.717, 1.165) is 23.2 Å². The summed E-state index contributed by atoms with van der Waals surface area (Å²) in [6.07, 6.45) is 1.52. The average molecular weight is 579 g/mol. The number of aryl methyl sites for hydroxylation is 1. The largest absolute Gasteiger partial charge is 0.433 e. The van der Waals surface area contributed by atoms with E-state index in [0.29, 0.717) is 43.6 Å². The summed E-state index contributed by atoms with van der Waals surface area (Å²) in [7, 11) is 0. The van der Waals surface area contributed by atoms with Crippen LogP contribution in [-0.2, 0) is 29.0 Å². The molecule has 3 rings (SSSR count). The lowest BCUT2D eigenvalue weighted by atomic mass is 10.2. The van der Waals surface area contributed by atoms with E-state index in [2.05, 4.69) is 30.6 Å². The standard InChI is InChI=1S/C25H29F3N8O3S/c1-25(27,28)39-18-8-9-19(26)16(12-18)14-32-23(38)20(29)15-36(30)11-5-3-7-22-34-35-24(40-22)33-21(37)13-17-6-2-4-10-31-17/h2,4,6,8-10,12,15H,3,5,7,11,13-14,29-30H2,1H3,(H,32,38)(H,33,35,37)/b20-15-. The van der Waals surface area contributed by atoms with E-state index in [1.54, 1.807) is 18.3 Å². The Bertz CT molecular complexity index is 1320. The predicted molar refractivity (Wildman–Crippen MR) is 142 cm³/mol. The van der Waals surface area contributed by atoms with Gasteiger partial charge in [0.05, 0.1) is 6.42 Å². The number of anilines is 1. The Morgan fingerprint density at radius 2 is 2.00 bits per heavy atom. The van der Waals surface area contributed by atoms with Crippen LogP contribution >= 0.6 is 11.3 Å². The lowest BCUT2D eigenvalue weighted by Gasteiger charge is -2.15. The normalized spacial score (nSPS) is 11.7. The number of alkyl halides is 2. The molecule has 0 aliphatic heterocycles. The molecule has 0 bridgehead atoms. The molecule has 6 N–H and O–H groups in total. The Balaban J connectivity index is 1.37. The van der Waals surface area contributed by atoms with Gasteiger partial charge in [-0.25, -0.2) is 10.2 Å². The molecule has 15 heteroatoms. The average Bonchev–Trinajstić information content (AvgIpc) is 3.33. The van der Waals surface area contributed by atoms with Gasteiger partial charge in [-0.1, -0.05) is 17.4 Å². The van der Waals surface area contributed by atoms with Gasteiger partial charge in [0.15, 0.2) is 0 Å². The third-order valence-corrected chi connectivity index (χ3v) is 6.06. The van der Waals surface area contributed by atoms with E-state index >= 15 is 0 Å². The number of nitrogens with zero attached hydrogens (tertiary/aromatic N) is 4. The molecule has 0 saturated carbocycles. The number of aromatic nitrogens is 3. The Hall–Kier alpha value is -4.24. The number of carbonyl (C=O) groups excluding carboxylic acids is 2. The summed E-state index contributed by atoms with van der Waals surface area (Å²) in [6.45, 7) is 0.630. The molecule has 0 radical (unpaired) electrons. The second kappa shape index (κ2) is 14.2. The molecule has 0 unspecified atom stereocenters. The van der Waals surface area contributed by atoms with Crippen LogP contribution in [0.4, 0.5) is 18.3 Å². The van der Waals surface area contributed by atoms with Crippen LogP contribution in [0.25, 0.3) is 0 Å². The van der Waals surface area contributed by atoms with Gasteiger partial charge >= 0.3 is 6.11 Å². The second-order valence-corrected chi connectivity index (χ2v) is 9.73. The van der Waals surface area contributed by atoms with E-state index < -0.39 is 17.8 Å². The van der Waals surface area contributed by atoms with E-state index in [-0.39, 0.29) is 35.9 Å². The number of halogens is 3. The van der Waals surface area contributed by atoms with Gasteiger partial charge in [-0.05, 0) is 43.2 Å². The third-order valence-electron chi connectivity index (χ3n) is 5.16. The van der Waals surface area contributed by atoms with Crippen LogP contribution in [-0.4, -0.2) is 44.7 Å². The fourth-order valence-electron chi connectivity index (χ4n) is 3.34. The highest BCUT2D eigenvalue weighted by Gasteiger charge is 2.23. The van der Waals surface area contributed by atoms with Crippen LogP contribution in [0.2, 0.25) is 0 Å². The predicted octanol–water partition coefficient (Wildman–Crippen LogP) is 2.86. The first-order valence-corrected chi connectivity index (χ1v) is 12.9. The van der Waals surface area contributed by atoms with Crippen LogP contribution < -0.4 is 26.9 Å². The first kappa shape index (κ1) is 30.3. The number of hydrogen-bond acceptors (Lipinski definition) is 10. The molecular weight excluding hydrogens is 549 g/mol. The minimum absolute atomic E-state index is 0.0555. The zero-order chi connectivity index (χ0) is 29.1. The second-order valence-electron chi connectivity index (χ2n) is 8.67. The fraction of sp³-hybridized carbons (Fsp3) is 0.320. The third kappa shape index (κ3) is 10.5. The topological polar surface area (TPSA) is 161 Å². The van der Waals surface area contributed by atoms with Crippen molar-refractivity contribution >= 4 is 28.3 Å². The molecule has 3 aromatic rings. The van der Waals surface area contributed by atoms with Gasteiger partial charge in [0, 0.05) is 50.1 Å². The fourth-order valence-corrected chi connectivity index (χ4v) is 4.14. The van der Waals surface area contributed by atoms with Gasteiger partial charge in [0.2, 0.25) is 11.0 Å². The molecule has 2 amide bonds. The number of carbonyl (C=O) groups is 2. The minimum atomic E-state index is -3.44. The zero-order valence-corrected chi connectivity index (χ0v) is 22.4. The number of hydrogen-bond donors (Lipinski definition) is 4. The van der Waals surface area contributed by atoms with Gasteiger partial charge in [-0.15, -0.1) is 10.2 Å². The first-order valence-electron chi connectivity index (χ1n) is 12.1. The number of benzene rings is 1. The molecular formula is C25H29F3N8O3S. The van der Waals surface area contributed by atoms with E-state index in [4.69, 9.17) is 11.6 Å². The summed E-state index contributed by atoms with van der Waals surface area (Å²) >= 11 is 1.28. The van der Waals surface area contributed by atoms with Crippen molar-refractivity contribution in [3.63, 3.8) is 0 Å². The molecule has 0 atom stereocenters. The van der Waals surface area contributed by atoms with Crippen molar-refractivity contribution in [3.8, 4) is 5.75 Å². The van der Waals surface area contributed by atoms with Crippen LogP contribution in [0.3, 0.4) is 0 Å². The Labute approximate surface area is 232 Å². The molecule has 11 nitrogen and oxygen atoms in total. The quantitative estimate of drug-likeness (QED) is 0.0976. The minimum Gasteiger partial charge on any atom is -0.433 e. The molecule has 1 aromatic carbocycles. The van der Waals surface area contributed by atoms with Crippen molar-refractivity contribution < 1.29 is 27.5 Å². The van der Waals surface area contributed by atoms with E-state index in [9.17, 15) is 22.8 Å². The maximum absolute atomic E-state index is 14.0. The monoisotopic (exact) mass is 578 g/mol. The highest BCUT2D eigenvalue weighted by atomic mass is 32.1. The molecule has 2 heterocycles. The van der Waals surface area contributed by atoms with Gasteiger partial charge in [-0.2, -0.15) is 8.78 Å². The number of nitrogens with two attached hydrogens (primary N) is 2. The maximum atomic E-state index is 14.0. The van der Waals surface area contributed by atoms with E-state index in [1.165, 1.54) is 22.5 Å². The number of rotatable bonds is 14. The summed E-state index contributed by atoms with van der Waals surface area (Å²) in [5.41, 5.74) is 6.15. The van der Waals surface area contributed by atoms with Crippen molar-refractivity contribution in [2.45, 2.75) is 45.3 Å². The number of unbranched alkanes of at least 4 members (excludes halogenated alkanes) is 1. The van der Waals surface area contributed by atoms with Crippen molar-refractivity contribution in [1.29, 1.82) is 0 Å². The van der Waals surface area contributed by atoms with Crippen molar-refractivity contribution in [2.75, 3.05) is 11.9 Å². The first-order chi connectivity index (χ1) is 19.0. The summed E-state index contributed by atoms with van der Waals surface area (Å²) in [4.78, 5) is 28.5. The lowest BCUT2D eigenvalue weighted by Crippen LogP contribution is -2.33. The summed E-state index contributed by atoms with van der Waals surface area (Å²) in [5.74, 6) is 4.00. The summed E-state index contributed by atoms with van der Waals surface area (Å²) in [6, 6.07) is 8.44. The molecule has 0 spiro atoms. The Morgan fingerprint density at radius 1 is 1.20 bits per heavy atom. The van der Waals surface area contributed by atoms with Gasteiger partial charge in [0.1, 0.15) is 22.3 Å². The highest BCUT2D eigenvalue weighted by molar-refractivity contribution is 7.15. The molecule has 40 heavy (non-hydrogen) atoms.